The van der Waals surface area contributed by atoms with E-state index in [-0.39, 0.29) is 25.0 Å². The maximum atomic E-state index is 12.0. The first-order valence-electron chi connectivity index (χ1n) is 7.01. The lowest BCUT2D eigenvalue weighted by Crippen LogP contribution is -2.33. The lowest BCUT2D eigenvalue weighted by Gasteiger charge is -2.21. The van der Waals surface area contributed by atoms with Crippen LogP contribution in [0.15, 0.2) is 12.1 Å². The van der Waals surface area contributed by atoms with Gasteiger partial charge in [-0.05, 0) is 18.9 Å². The number of anilines is 3. The van der Waals surface area contributed by atoms with E-state index in [1.165, 1.54) is 0 Å². The number of nitrogens with two attached hydrogens (primary N) is 1. The summed E-state index contributed by atoms with van der Waals surface area (Å²) in [4.78, 5) is 25.2. The third-order valence-electron chi connectivity index (χ3n) is 3.67. The second-order valence-electron chi connectivity index (χ2n) is 5.21. The van der Waals surface area contributed by atoms with E-state index in [1.54, 1.807) is 12.1 Å². The highest BCUT2D eigenvalue weighted by Crippen LogP contribution is 2.35. The van der Waals surface area contributed by atoms with Crippen molar-refractivity contribution >= 4 is 28.9 Å². The fourth-order valence-electron chi connectivity index (χ4n) is 2.54. The van der Waals surface area contributed by atoms with Gasteiger partial charge in [0.25, 0.3) is 5.91 Å². The molecule has 7 nitrogen and oxygen atoms in total. The topological polar surface area (TPSA) is 96.7 Å². The Hall–Kier alpha value is -2.44. The van der Waals surface area contributed by atoms with Crippen LogP contribution in [0.5, 0.6) is 5.75 Å². The number of ether oxygens (including phenoxy) is 1. The van der Waals surface area contributed by atoms with E-state index >= 15 is 0 Å². The maximum absolute atomic E-state index is 12.0. The van der Waals surface area contributed by atoms with Gasteiger partial charge in [-0.25, -0.2) is 0 Å². The van der Waals surface area contributed by atoms with Crippen molar-refractivity contribution in [3.05, 3.63) is 12.1 Å². The number of carbonyl (C=O) groups excluding carboxylic acids is 2. The summed E-state index contributed by atoms with van der Waals surface area (Å²) in [5, 5.41) is 5.75. The van der Waals surface area contributed by atoms with Crippen LogP contribution in [-0.2, 0) is 9.59 Å². The van der Waals surface area contributed by atoms with Gasteiger partial charge in [-0.15, -0.1) is 0 Å². The third-order valence-corrected chi connectivity index (χ3v) is 3.67. The van der Waals surface area contributed by atoms with Gasteiger partial charge in [-0.1, -0.05) is 0 Å². The van der Waals surface area contributed by atoms with Gasteiger partial charge in [0.05, 0.1) is 23.6 Å². The molecule has 2 amide bonds. The van der Waals surface area contributed by atoms with Crippen LogP contribution in [0.2, 0.25) is 0 Å². The molecule has 1 aromatic carbocycles. The molecule has 0 spiro atoms. The second-order valence-corrected chi connectivity index (χ2v) is 5.21. The highest BCUT2D eigenvalue weighted by Gasteiger charge is 2.20. The fourth-order valence-corrected chi connectivity index (χ4v) is 2.54. The Morgan fingerprint density at radius 1 is 1.38 bits per heavy atom. The van der Waals surface area contributed by atoms with Gasteiger partial charge < -0.3 is 26.0 Å². The molecular weight excluding hydrogens is 272 g/mol. The number of hydrogen-bond acceptors (Lipinski definition) is 5. The summed E-state index contributed by atoms with van der Waals surface area (Å²) in [5.74, 6) is 0.403. The van der Waals surface area contributed by atoms with Crippen molar-refractivity contribution in [3.8, 4) is 5.75 Å². The van der Waals surface area contributed by atoms with E-state index in [0.717, 1.165) is 25.9 Å². The number of nitrogen functional groups attached to an aromatic ring is 1. The summed E-state index contributed by atoms with van der Waals surface area (Å²) in [5.41, 5.74) is 7.61. The van der Waals surface area contributed by atoms with E-state index in [1.807, 2.05) is 4.90 Å². The number of carbonyl (C=O) groups is 2. The van der Waals surface area contributed by atoms with Gasteiger partial charge in [-0.3, -0.25) is 9.59 Å². The zero-order valence-electron chi connectivity index (χ0n) is 11.6. The number of likely N-dealkylation sites (tertiary alicyclic amines) is 1. The Morgan fingerprint density at radius 2 is 2.14 bits per heavy atom. The van der Waals surface area contributed by atoms with Crippen molar-refractivity contribution in [3.63, 3.8) is 0 Å². The molecule has 0 atom stereocenters. The van der Waals surface area contributed by atoms with Crippen molar-refractivity contribution in [1.82, 2.24) is 4.90 Å². The van der Waals surface area contributed by atoms with Crippen LogP contribution >= 0.6 is 0 Å². The summed E-state index contributed by atoms with van der Waals surface area (Å²) in [6.07, 6.45) is 2.13. The molecule has 0 aliphatic carbocycles. The quantitative estimate of drug-likeness (QED) is 0.710. The van der Waals surface area contributed by atoms with Crippen molar-refractivity contribution in [2.75, 3.05) is 42.6 Å². The largest absolute Gasteiger partial charge is 0.482 e. The predicted molar refractivity (Wildman–Crippen MR) is 79.3 cm³/mol. The van der Waals surface area contributed by atoms with E-state index in [4.69, 9.17) is 10.5 Å². The number of benzene rings is 1. The molecule has 3 rings (SSSR count). The summed E-state index contributed by atoms with van der Waals surface area (Å²) < 4.78 is 5.28. The first kappa shape index (κ1) is 13.5. The summed E-state index contributed by atoms with van der Waals surface area (Å²) in [7, 11) is 0. The number of amides is 2. The van der Waals surface area contributed by atoms with E-state index in [2.05, 4.69) is 10.6 Å². The zero-order chi connectivity index (χ0) is 14.8. The van der Waals surface area contributed by atoms with Crippen LogP contribution in [-0.4, -0.2) is 43.0 Å². The van der Waals surface area contributed by atoms with Gasteiger partial charge in [-0.2, -0.15) is 0 Å². The lowest BCUT2D eigenvalue weighted by atomic mass is 10.2. The van der Waals surface area contributed by atoms with Gasteiger partial charge >= 0.3 is 0 Å². The van der Waals surface area contributed by atoms with Crippen LogP contribution < -0.4 is 21.1 Å². The van der Waals surface area contributed by atoms with Crippen LogP contribution in [0.25, 0.3) is 0 Å². The molecule has 2 aliphatic rings. The molecule has 0 saturated carbocycles. The first-order valence-corrected chi connectivity index (χ1v) is 7.01. The Labute approximate surface area is 122 Å². The van der Waals surface area contributed by atoms with E-state index in [0.29, 0.717) is 22.8 Å². The Kier molecular flexibility index (Phi) is 3.55. The zero-order valence-corrected chi connectivity index (χ0v) is 11.6. The molecular formula is C14H18N4O3. The molecule has 0 radical (unpaired) electrons. The van der Waals surface area contributed by atoms with Gasteiger partial charge in [0.2, 0.25) is 5.91 Å². The highest BCUT2D eigenvalue weighted by atomic mass is 16.5. The van der Waals surface area contributed by atoms with E-state index < -0.39 is 0 Å². The van der Waals surface area contributed by atoms with Crippen molar-refractivity contribution in [2.45, 2.75) is 12.8 Å². The standard InChI is InChI=1S/C14H18N4O3/c15-9-5-12-11(17-13(19)8-21-12)6-10(9)16-7-14(20)18-3-1-2-4-18/h5-6,16H,1-4,7-8,15H2,(H,17,19). The molecule has 0 unspecified atom stereocenters. The second kappa shape index (κ2) is 5.51. The molecule has 1 aromatic rings. The molecule has 1 fully saturated rings. The molecule has 2 heterocycles. The van der Waals surface area contributed by atoms with Gasteiger partial charge in [0.15, 0.2) is 6.61 Å². The molecule has 0 aromatic heterocycles. The minimum atomic E-state index is -0.202. The van der Waals surface area contributed by atoms with Crippen molar-refractivity contribution < 1.29 is 14.3 Å². The number of nitrogens with one attached hydrogen (secondary N) is 2. The smallest absolute Gasteiger partial charge is 0.262 e. The van der Waals surface area contributed by atoms with Crippen LogP contribution in [0.4, 0.5) is 17.1 Å². The first-order chi connectivity index (χ1) is 10.1. The molecule has 0 bridgehead atoms. The predicted octanol–water partition coefficient (Wildman–Crippen LogP) is 0.634. The molecule has 1 saturated heterocycles. The average Bonchev–Trinajstić information content (AvgIpc) is 2.99. The molecule has 4 N–H and O–H groups in total. The van der Waals surface area contributed by atoms with Gasteiger partial charge in [0.1, 0.15) is 5.75 Å². The Morgan fingerprint density at radius 3 is 2.90 bits per heavy atom. The normalized spacial score (nSPS) is 17.0. The van der Waals surface area contributed by atoms with Crippen LogP contribution in [0.3, 0.4) is 0 Å². The van der Waals surface area contributed by atoms with Crippen LogP contribution in [0.1, 0.15) is 12.8 Å². The summed E-state index contributed by atoms with van der Waals surface area (Å²) in [6.45, 7) is 1.83. The van der Waals surface area contributed by atoms with Crippen molar-refractivity contribution in [1.29, 1.82) is 0 Å². The summed E-state index contributed by atoms with van der Waals surface area (Å²) >= 11 is 0. The van der Waals surface area contributed by atoms with Crippen molar-refractivity contribution in [2.24, 2.45) is 0 Å². The average molecular weight is 290 g/mol. The number of rotatable bonds is 3. The monoisotopic (exact) mass is 290 g/mol. The summed E-state index contributed by atoms with van der Waals surface area (Å²) in [6, 6.07) is 3.34. The minimum Gasteiger partial charge on any atom is -0.482 e. The SMILES string of the molecule is Nc1cc2c(cc1NCC(=O)N1CCCC1)NC(=O)CO2. The number of fused-ring (bicyclic) bond motifs is 1. The molecule has 7 heteroatoms. The highest BCUT2D eigenvalue weighted by molar-refractivity contribution is 5.97. The van der Waals surface area contributed by atoms with Crippen LogP contribution in [0, 0.1) is 0 Å². The number of nitrogens with zero attached hydrogens (tertiary/aromatic N) is 1. The Balaban J connectivity index is 1.69. The molecule has 21 heavy (non-hydrogen) atoms. The molecule has 2 aliphatic heterocycles. The van der Waals surface area contributed by atoms with Gasteiger partial charge in [0, 0.05) is 19.2 Å². The fraction of sp³-hybridized carbons (Fsp3) is 0.429. The maximum Gasteiger partial charge on any atom is 0.262 e. The number of hydrogen-bond donors (Lipinski definition) is 3. The lowest BCUT2D eigenvalue weighted by molar-refractivity contribution is -0.128. The third kappa shape index (κ3) is 2.86. The Bertz CT molecular complexity index is 582. The van der Waals surface area contributed by atoms with E-state index in [9.17, 15) is 9.59 Å². The molecule has 112 valence electrons. The minimum absolute atomic E-state index is 0.00728.